The zero-order chi connectivity index (χ0) is 13.3. The Morgan fingerprint density at radius 3 is 2.58 bits per heavy atom. The molecule has 0 unspecified atom stereocenters. The zero-order valence-corrected chi connectivity index (χ0v) is 11.0. The Morgan fingerprint density at radius 2 is 1.79 bits per heavy atom. The van der Waals surface area contributed by atoms with Crippen LogP contribution in [-0.2, 0) is 0 Å². The van der Waals surface area contributed by atoms with Crippen LogP contribution in [0.2, 0.25) is 0 Å². The molecule has 0 saturated carbocycles. The Balaban J connectivity index is 2.02. The lowest BCUT2D eigenvalue weighted by atomic mass is 10.2. The van der Waals surface area contributed by atoms with Crippen molar-refractivity contribution in [1.29, 1.82) is 0 Å². The molecule has 19 heavy (non-hydrogen) atoms. The van der Waals surface area contributed by atoms with E-state index < -0.39 is 0 Å². The van der Waals surface area contributed by atoms with Gasteiger partial charge in [-0.05, 0) is 30.7 Å². The summed E-state index contributed by atoms with van der Waals surface area (Å²) in [4.78, 5) is 0. The van der Waals surface area contributed by atoms with Gasteiger partial charge >= 0.3 is 0 Å². The van der Waals surface area contributed by atoms with E-state index in [0.29, 0.717) is 0 Å². The Hall–Kier alpha value is -2.29. The van der Waals surface area contributed by atoms with Crippen LogP contribution in [0.4, 0.5) is 5.69 Å². The molecule has 1 N–H and O–H groups in total. The van der Waals surface area contributed by atoms with Crippen LogP contribution in [0.5, 0.6) is 5.75 Å². The Kier molecular flexibility index (Phi) is 4.99. The summed E-state index contributed by atoms with van der Waals surface area (Å²) in [5, 5.41) is 4.23. The maximum absolute atomic E-state index is 5.67. The molecule has 0 radical (unpaired) electrons. The van der Waals surface area contributed by atoms with E-state index in [1.165, 1.54) is 0 Å². The van der Waals surface area contributed by atoms with E-state index in [0.717, 1.165) is 30.0 Å². The van der Waals surface area contributed by atoms with Crippen LogP contribution < -0.4 is 10.2 Å². The molecule has 0 bridgehead atoms. The van der Waals surface area contributed by atoms with E-state index >= 15 is 0 Å². The van der Waals surface area contributed by atoms with Crippen molar-refractivity contribution in [2.75, 3.05) is 12.0 Å². The van der Waals surface area contributed by atoms with Crippen molar-refractivity contribution in [3.05, 3.63) is 60.2 Å². The first kappa shape index (κ1) is 13.1. The van der Waals surface area contributed by atoms with Crippen molar-refractivity contribution in [3.8, 4) is 5.75 Å². The molecule has 0 amide bonds. The highest BCUT2D eigenvalue weighted by Crippen LogP contribution is 2.16. The quantitative estimate of drug-likeness (QED) is 0.626. The van der Waals surface area contributed by atoms with Crippen molar-refractivity contribution in [2.45, 2.75) is 13.3 Å². The van der Waals surface area contributed by atoms with Crippen LogP contribution in [0.25, 0.3) is 0 Å². The molecule has 0 spiro atoms. The fraction of sp³-hybridized carbons (Fsp3) is 0.188. The molecule has 2 rings (SSSR count). The minimum absolute atomic E-state index is 0.719. The van der Waals surface area contributed by atoms with Gasteiger partial charge < -0.3 is 4.74 Å². The SMILES string of the molecule is CCCOc1ccccc1/C=N\Nc1ccccc1. The number of ether oxygens (including phenoxy) is 1. The van der Waals surface area contributed by atoms with Crippen molar-refractivity contribution in [2.24, 2.45) is 5.10 Å². The summed E-state index contributed by atoms with van der Waals surface area (Å²) in [5.41, 5.74) is 4.93. The first-order valence-electron chi connectivity index (χ1n) is 6.46. The number of nitrogens with zero attached hydrogens (tertiary/aromatic N) is 1. The van der Waals surface area contributed by atoms with Crippen LogP contribution in [0, 0.1) is 0 Å². The van der Waals surface area contributed by atoms with Crippen molar-refractivity contribution in [1.82, 2.24) is 0 Å². The van der Waals surface area contributed by atoms with Gasteiger partial charge in [-0.1, -0.05) is 37.3 Å². The Bertz CT molecular complexity index is 523. The molecule has 0 saturated heterocycles. The van der Waals surface area contributed by atoms with E-state index in [1.807, 2.05) is 54.6 Å². The van der Waals surface area contributed by atoms with E-state index in [4.69, 9.17) is 4.74 Å². The average molecular weight is 254 g/mol. The van der Waals surface area contributed by atoms with Gasteiger partial charge in [-0.25, -0.2) is 0 Å². The predicted octanol–water partition coefficient (Wildman–Crippen LogP) is 3.92. The molecule has 3 heteroatoms. The number of benzene rings is 2. The molecule has 0 aliphatic carbocycles. The third-order valence-electron chi connectivity index (χ3n) is 2.55. The van der Waals surface area contributed by atoms with Gasteiger partial charge in [0.15, 0.2) is 0 Å². The molecular formula is C16H18N2O. The summed E-state index contributed by atoms with van der Waals surface area (Å²) in [6, 6.07) is 17.7. The molecule has 0 fully saturated rings. The molecule has 0 aromatic heterocycles. The Morgan fingerprint density at radius 1 is 1.05 bits per heavy atom. The van der Waals surface area contributed by atoms with Gasteiger partial charge in [0, 0.05) is 5.56 Å². The van der Waals surface area contributed by atoms with E-state index in [-0.39, 0.29) is 0 Å². The minimum Gasteiger partial charge on any atom is -0.493 e. The van der Waals surface area contributed by atoms with Crippen LogP contribution in [0.15, 0.2) is 59.7 Å². The summed E-state index contributed by atoms with van der Waals surface area (Å²) in [6.07, 6.45) is 2.77. The van der Waals surface area contributed by atoms with Gasteiger partial charge in [-0.3, -0.25) is 5.43 Å². The van der Waals surface area contributed by atoms with Gasteiger partial charge in [0.05, 0.1) is 18.5 Å². The molecule has 3 nitrogen and oxygen atoms in total. The number of nitrogens with one attached hydrogen (secondary N) is 1. The van der Waals surface area contributed by atoms with Gasteiger partial charge in [0.2, 0.25) is 0 Å². The van der Waals surface area contributed by atoms with E-state index in [9.17, 15) is 0 Å². The number of hydrogen-bond acceptors (Lipinski definition) is 3. The standard InChI is InChI=1S/C16H18N2O/c1-2-12-19-16-11-7-6-8-14(16)13-17-18-15-9-4-3-5-10-15/h3-11,13,18H,2,12H2,1H3/b17-13-. The molecule has 0 atom stereocenters. The first-order chi connectivity index (χ1) is 9.40. The number of hydrazone groups is 1. The summed E-state index contributed by atoms with van der Waals surface area (Å²) in [7, 11) is 0. The number of para-hydroxylation sites is 2. The third kappa shape index (κ3) is 4.14. The summed E-state index contributed by atoms with van der Waals surface area (Å²) < 4.78 is 5.67. The topological polar surface area (TPSA) is 33.6 Å². The highest BCUT2D eigenvalue weighted by atomic mass is 16.5. The van der Waals surface area contributed by atoms with E-state index in [2.05, 4.69) is 17.5 Å². The maximum Gasteiger partial charge on any atom is 0.128 e. The highest BCUT2D eigenvalue weighted by molar-refractivity contribution is 5.83. The zero-order valence-electron chi connectivity index (χ0n) is 11.0. The van der Waals surface area contributed by atoms with E-state index in [1.54, 1.807) is 6.21 Å². The summed E-state index contributed by atoms with van der Waals surface area (Å²) in [5.74, 6) is 0.864. The lowest BCUT2D eigenvalue weighted by molar-refractivity contribution is 0.317. The molecule has 0 aliphatic rings. The largest absolute Gasteiger partial charge is 0.493 e. The summed E-state index contributed by atoms with van der Waals surface area (Å²) in [6.45, 7) is 2.81. The second-order valence-corrected chi connectivity index (χ2v) is 4.12. The van der Waals surface area contributed by atoms with Crippen LogP contribution >= 0.6 is 0 Å². The lowest BCUT2D eigenvalue weighted by Gasteiger charge is -2.07. The van der Waals surface area contributed by atoms with Crippen molar-refractivity contribution < 1.29 is 4.74 Å². The van der Waals surface area contributed by atoms with Gasteiger partial charge in [0.1, 0.15) is 5.75 Å². The van der Waals surface area contributed by atoms with Crippen LogP contribution in [-0.4, -0.2) is 12.8 Å². The van der Waals surface area contributed by atoms with Gasteiger partial charge in [-0.2, -0.15) is 5.10 Å². The fourth-order valence-electron chi connectivity index (χ4n) is 1.62. The van der Waals surface area contributed by atoms with Gasteiger partial charge in [0.25, 0.3) is 0 Å². The smallest absolute Gasteiger partial charge is 0.128 e. The molecule has 98 valence electrons. The lowest BCUT2D eigenvalue weighted by Crippen LogP contribution is -1.99. The molecular weight excluding hydrogens is 236 g/mol. The minimum atomic E-state index is 0.719. The number of anilines is 1. The van der Waals surface area contributed by atoms with Crippen molar-refractivity contribution in [3.63, 3.8) is 0 Å². The average Bonchev–Trinajstić information content (AvgIpc) is 2.47. The highest BCUT2D eigenvalue weighted by Gasteiger charge is 1.99. The summed E-state index contributed by atoms with van der Waals surface area (Å²) >= 11 is 0. The maximum atomic E-state index is 5.67. The molecule has 2 aromatic rings. The van der Waals surface area contributed by atoms with Crippen molar-refractivity contribution >= 4 is 11.9 Å². The normalized spacial score (nSPS) is 10.6. The predicted molar refractivity (Wildman–Crippen MR) is 79.9 cm³/mol. The molecule has 0 aliphatic heterocycles. The van der Waals surface area contributed by atoms with Crippen LogP contribution in [0.3, 0.4) is 0 Å². The fourth-order valence-corrected chi connectivity index (χ4v) is 1.62. The van der Waals surface area contributed by atoms with Gasteiger partial charge in [-0.15, -0.1) is 0 Å². The number of hydrogen-bond donors (Lipinski definition) is 1. The first-order valence-corrected chi connectivity index (χ1v) is 6.46. The molecule has 0 heterocycles. The second kappa shape index (κ2) is 7.21. The monoisotopic (exact) mass is 254 g/mol. The molecule has 2 aromatic carbocycles. The second-order valence-electron chi connectivity index (χ2n) is 4.12. The number of rotatable bonds is 6. The Labute approximate surface area is 113 Å². The van der Waals surface area contributed by atoms with Crippen LogP contribution in [0.1, 0.15) is 18.9 Å². The third-order valence-corrected chi connectivity index (χ3v) is 2.55.